The predicted octanol–water partition coefficient (Wildman–Crippen LogP) is 7.37. The molecule has 30 heavy (non-hydrogen) atoms. The van der Waals surface area contributed by atoms with E-state index in [0.717, 1.165) is 6.07 Å². The highest BCUT2D eigenvalue weighted by Gasteiger charge is 2.29. The van der Waals surface area contributed by atoms with Gasteiger partial charge in [-0.05, 0) is 60.5 Å². The first-order valence-electron chi connectivity index (χ1n) is 9.21. The molecule has 0 aliphatic rings. The van der Waals surface area contributed by atoms with Gasteiger partial charge in [-0.25, -0.2) is 13.2 Å². The Kier molecular flexibility index (Phi) is 6.39. The normalized spacial score (nSPS) is 12.1. The maximum atomic E-state index is 14.6. The molecule has 1 nitrogen and oxygen atoms in total. The molecule has 7 heteroatoms. The number of allylic oxidation sites excluding steroid dienone is 2. The van der Waals surface area contributed by atoms with Crippen molar-refractivity contribution >= 4 is 10.8 Å². The highest BCUT2D eigenvalue weighted by Crippen LogP contribution is 2.33. The van der Waals surface area contributed by atoms with E-state index in [1.165, 1.54) is 36.4 Å². The maximum Gasteiger partial charge on any atom is 0.422 e. The molecule has 3 aromatic carbocycles. The molecule has 158 valence electrons. The number of ether oxygens (including phenoxy) is 1. The van der Waals surface area contributed by atoms with Crippen molar-refractivity contribution < 1.29 is 31.1 Å². The summed E-state index contributed by atoms with van der Waals surface area (Å²) in [4.78, 5) is 0. The van der Waals surface area contributed by atoms with Crippen LogP contribution in [0.4, 0.5) is 26.3 Å². The van der Waals surface area contributed by atoms with Crippen LogP contribution < -0.4 is 4.74 Å². The van der Waals surface area contributed by atoms with Crippen LogP contribution in [-0.2, 0) is 6.42 Å². The molecule has 3 aromatic rings. The van der Waals surface area contributed by atoms with Gasteiger partial charge in [0.05, 0.1) is 5.56 Å². The van der Waals surface area contributed by atoms with Crippen molar-refractivity contribution in [2.45, 2.75) is 25.9 Å². The van der Waals surface area contributed by atoms with Crippen LogP contribution in [0.25, 0.3) is 21.9 Å². The molecule has 0 aliphatic carbocycles. The quantitative estimate of drug-likeness (QED) is 0.296. The van der Waals surface area contributed by atoms with E-state index in [0.29, 0.717) is 18.4 Å². The van der Waals surface area contributed by atoms with Crippen molar-refractivity contribution in [2.75, 3.05) is 6.61 Å². The number of rotatable bonds is 6. The molecule has 0 N–H and O–H groups in total. The number of hydrogen-bond acceptors (Lipinski definition) is 1. The number of halogens is 6. The Morgan fingerprint density at radius 3 is 2.27 bits per heavy atom. The summed E-state index contributed by atoms with van der Waals surface area (Å²) in [6, 6.07) is 8.90. The first-order chi connectivity index (χ1) is 14.2. The molecule has 0 radical (unpaired) electrons. The smallest absolute Gasteiger partial charge is 0.422 e. The number of benzene rings is 3. The molecular weight excluding hydrogens is 406 g/mol. The minimum atomic E-state index is -4.60. The molecule has 0 fully saturated rings. The lowest BCUT2D eigenvalue weighted by Gasteiger charge is -2.12. The lowest BCUT2D eigenvalue weighted by molar-refractivity contribution is -0.153. The number of fused-ring (bicyclic) bond motifs is 1. The van der Waals surface area contributed by atoms with Gasteiger partial charge in [-0.3, -0.25) is 0 Å². The second-order valence-corrected chi connectivity index (χ2v) is 6.76. The number of alkyl halides is 3. The summed E-state index contributed by atoms with van der Waals surface area (Å²) in [5.74, 6) is -3.00. The molecular formula is C23H18F6O. The summed E-state index contributed by atoms with van der Waals surface area (Å²) in [5, 5.41) is 0.266. The van der Waals surface area contributed by atoms with E-state index in [1.54, 1.807) is 0 Å². The average molecular weight is 424 g/mol. The maximum absolute atomic E-state index is 14.6. The Hall–Kier alpha value is -2.96. The molecule has 0 aliphatic heterocycles. The minimum Gasteiger partial charge on any atom is -0.481 e. The zero-order valence-electron chi connectivity index (χ0n) is 16.0. The third-order valence-corrected chi connectivity index (χ3v) is 4.54. The molecule has 0 unspecified atom stereocenters. The van der Waals surface area contributed by atoms with E-state index in [9.17, 15) is 26.3 Å². The molecule has 0 aromatic heterocycles. The van der Waals surface area contributed by atoms with Crippen molar-refractivity contribution in [1.29, 1.82) is 0 Å². The number of aryl methyl sites for hydroxylation is 1. The van der Waals surface area contributed by atoms with Gasteiger partial charge < -0.3 is 4.74 Å². The molecule has 0 amide bonds. The largest absolute Gasteiger partial charge is 0.481 e. The van der Waals surface area contributed by atoms with Crippen molar-refractivity contribution in [1.82, 2.24) is 0 Å². The van der Waals surface area contributed by atoms with E-state index in [2.05, 4.69) is 4.74 Å². The first kappa shape index (κ1) is 21.7. The highest BCUT2D eigenvalue weighted by atomic mass is 19.4. The third-order valence-electron chi connectivity index (χ3n) is 4.54. The van der Waals surface area contributed by atoms with Gasteiger partial charge >= 0.3 is 6.18 Å². The lowest BCUT2D eigenvalue weighted by atomic mass is 9.97. The van der Waals surface area contributed by atoms with Crippen LogP contribution in [0.15, 0.2) is 54.6 Å². The van der Waals surface area contributed by atoms with E-state index < -0.39 is 36.0 Å². The average Bonchev–Trinajstić information content (AvgIpc) is 2.66. The summed E-state index contributed by atoms with van der Waals surface area (Å²) in [7, 11) is 0. The van der Waals surface area contributed by atoms with E-state index in [4.69, 9.17) is 0 Å². The fourth-order valence-electron chi connectivity index (χ4n) is 3.16. The summed E-state index contributed by atoms with van der Waals surface area (Å²) in [6.45, 7) is 0.239. The monoisotopic (exact) mass is 424 g/mol. The molecule has 0 bridgehead atoms. The van der Waals surface area contributed by atoms with Gasteiger partial charge in [0.15, 0.2) is 18.2 Å². The fraction of sp³-hybridized carbons (Fsp3) is 0.217. The Morgan fingerprint density at radius 1 is 0.933 bits per heavy atom. The summed E-state index contributed by atoms with van der Waals surface area (Å²) >= 11 is 0. The zero-order valence-corrected chi connectivity index (χ0v) is 16.0. The van der Waals surface area contributed by atoms with Crippen molar-refractivity contribution in [2.24, 2.45) is 0 Å². The Bertz CT molecular complexity index is 1060. The van der Waals surface area contributed by atoms with Gasteiger partial charge in [-0.15, -0.1) is 0 Å². The second-order valence-electron chi connectivity index (χ2n) is 6.76. The molecule has 0 heterocycles. The third kappa shape index (κ3) is 4.96. The van der Waals surface area contributed by atoms with Crippen LogP contribution in [0.5, 0.6) is 5.75 Å². The van der Waals surface area contributed by atoms with Gasteiger partial charge in [0.25, 0.3) is 0 Å². The minimum absolute atomic E-state index is 0.0118. The Balaban J connectivity index is 1.94. The summed E-state index contributed by atoms with van der Waals surface area (Å²) in [6.07, 6.45) is 0.299. The summed E-state index contributed by atoms with van der Waals surface area (Å²) < 4.78 is 85.1. The standard InChI is InChI=1S/C23H18F6O/c1-2-3-4-5-14-10-18(24)21(19(25)11-14)16-6-8-17-15(12-16)7-9-20(22(17)26)30-13-23(27,28)29/h2-3,6-12H,4-5,13H2,1H3/b3-2+. The Morgan fingerprint density at radius 2 is 1.63 bits per heavy atom. The fourth-order valence-corrected chi connectivity index (χ4v) is 3.16. The van der Waals surface area contributed by atoms with Crippen molar-refractivity contribution in [3.8, 4) is 16.9 Å². The van der Waals surface area contributed by atoms with Gasteiger partial charge in [0.1, 0.15) is 11.6 Å². The lowest BCUT2D eigenvalue weighted by Crippen LogP contribution is -2.19. The predicted molar refractivity (Wildman–Crippen MR) is 104 cm³/mol. The topological polar surface area (TPSA) is 9.23 Å². The van der Waals surface area contributed by atoms with E-state index in [-0.39, 0.29) is 21.9 Å². The van der Waals surface area contributed by atoms with E-state index >= 15 is 0 Å². The first-order valence-corrected chi connectivity index (χ1v) is 9.21. The number of hydrogen-bond donors (Lipinski definition) is 0. The van der Waals surface area contributed by atoms with Crippen LogP contribution in [0, 0.1) is 17.5 Å². The van der Waals surface area contributed by atoms with E-state index in [1.807, 2.05) is 19.1 Å². The SMILES string of the molecule is C/C=C/CCc1cc(F)c(-c2ccc3c(F)c(OCC(F)(F)F)ccc3c2)c(F)c1. The highest BCUT2D eigenvalue weighted by molar-refractivity contribution is 5.89. The van der Waals surface area contributed by atoms with Crippen LogP contribution in [0.2, 0.25) is 0 Å². The molecule has 0 atom stereocenters. The van der Waals surface area contributed by atoms with Gasteiger partial charge in [0, 0.05) is 5.39 Å². The molecule has 3 rings (SSSR count). The van der Waals surface area contributed by atoms with Gasteiger partial charge in [-0.2, -0.15) is 13.2 Å². The Labute approximate surface area is 169 Å². The second kappa shape index (κ2) is 8.81. The zero-order chi connectivity index (χ0) is 21.9. The molecule has 0 saturated heterocycles. The van der Waals surface area contributed by atoms with Crippen LogP contribution >= 0.6 is 0 Å². The van der Waals surface area contributed by atoms with Crippen LogP contribution in [0.1, 0.15) is 18.9 Å². The molecule has 0 spiro atoms. The van der Waals surface area contributed by atoms with Crippen molar-refractivity contribution in [3.05, 3.63) is 77.6 Å². The van der Waals surface area contributed by atoms with Gasteiger partial charge in [-0.1, -0.05) is 30.4 Å². The molecule has 0 saturated carbocycles. The van der Waals surface area contributed by atoms with Crippen LogP contribution in [-0.4, -0.2) is 12.8 Å². The van der Waals surface area contributed by atoms with Crippen molar-refractivity contribution in [3.63, 3.8) is 0 Å². The van der Waals surface area contributed by atoms with Crippen LogP contribution in [0.3, 0.4) is 0 Å². The summed E-state index contributed by atoms with van der Waals surface area (Å²) in [5.41, 5.74) is 0.468. The van der Waals surface area contributed by atoms with Gasteiger partial charge in [0.2, 0.25) is 0 Å².